The first kappa shape index (κ1) is 9.68. The van der Waals surface area contributed by atoms with Crippen LogP contribution in [0.25, 0.3) is 0 Å². The van der Waals surface area contributed by atoms with Crippen LogP contribution in [0, 0.1) is 0 Å². The van der Waals surface area contributed by atoms with Crippen molar-refractivity contribution in [3.8, 4) is 0 Å². The van der Waals surface area contributed by atoms with Crippen LogP contribution in [-0.2, 0) is 11.3 Å². The highest BCUT2D eigenvalue weighted by molar-refractivity contribution is 4.95. The molecule has 0 aromatic carbocycles. The van der Waals surface area contributed by atoms with Crippen molar-refractivity contribution in [2.75, 3.05) is 6.61 Å². The van der Waals surface area contributed by atoms with Crippen LogP contribution in [0.15, 0.2) is 16.9 Å². The van der Waals surface area contributed by atoms with Gasteiger partial charge in [-0.2, -0.15) is 0 Å². The second kappa shape index (κ2) is 4.57. The minimum atomic E-state index is 0.374. The van der Waals surface area contributed by atoms with Gasteiger partial charge in [0.15, 0.2) is 0 Å². The van der Waals surface area contributed by atoms with Crippen molar-refractivity contribution in [1.29, 1.82) is 0 Å². The molecule has 2 rings (SSSR count). The summed E-state index contributed by atoms with van der Waals surface area (Å²) in [6.07, 6.45) is 4.14. The Morgan fingerprint density at radius 2 is 2.57 bits per heavy atom. The van der Waals surface area contributed by atoms with Gasteiger partial charge in [0.1, 0.15) is 6.26 Å². The summed E-state index contributed by atoms with van der Waals surface area (Å²) in [4.78, 5) is 0. The second-order valence-corrected chi connectivity index (χ2v) is 3.77. The second-order valence-electron chi connectivity index (χ2n) is 3.77. The van der Waals surface area contributed by atoms with Crippen LogP contribution >= 0.6 is 0 Å². The van der Waals surface area contributed by atoms with Crippen molar-refractivity contribution in [2.24, 2.45) is 0 Å². The van der Waals surface area contributed by atoms with Gasteiger partial charge in [0.2, 0.25) is 0 Å². The first-order valence-electron chi connectivity index (χ1n) is 5.09. The lowest BCUT2D eigenvalue weighted by atomic mass is 10.0. The standard InChI is InChI=1S/C10H16N2O2/c1-8-6-9(2-4-13-8)11-7-10-3-5-14-12-10/h3,5,8-9,11H,2,4,6-7H2,1H3. The first-order chi connectivity index (χ1) is 6.84. The number of nitrogens with one attached hydrogen (secondary N) is 1. The van der Waals surface area contributed by atoms with Gasteiger partial charge in [-0.25, -0.2) is 0 Å². The summed E-state index contributed by atoms with van der Waals surface area (Å²) >= 11 is 0. The third-order valence-electron chi connectivity index (χ3n) is 2.55. The van der Waals surface area contributed by atoms with Gasteiger partial charge in [0.05, 0.1) is 11.8 Å². The minimum absolute atomic E-state index is 0.374. The van der Waals surface area contributed by atoms with E-state index in [1.165, 1.54) is 0 Å². The van der Waals surface area contributed by atoms with E-state index in [4.69, 9.17) is 9.26 Å². The van der Waals surface area contributed by atoms with E-state index in [0.29, 0.717) is 12.1 Å². The fraction of sp³-hybridized carbons (Fsp3) is 0.700. The highest BCUT2D eigenvalue weighted by atomic mass is 16.5. The van der Waals surface area contributed by atoms with Gasteiger partial charge in [0, 0.05) is 25.3 Å². The van der Waals surface area contributed by atoms with Crippen molar-refractivity contribution in [3.05, 3.63) is 18.0 Å². The summed E-state index contributed by atoms with van der Waals surface area (Å²) in [5, 5.41) is 7.30. The predicted molar refractivity (Wildman–Crippen MR) is 51.8 cm³/mol. The van der Waals surface area contributed by atoms with Crippen molar-refractivity contribution < 1.29 is 9.26 Å². The predicted octanol–water partition coefficient (Wildman–Crippen LogP) is 1.33. The molecule has 0 saturated carbocycles. The zero-order valence-electron chi connectivity index (χ0n) is 8.40. The molecule has 1 aliphatic heterocycles. The molecule has 0 spiro atoms. The molecule has 0 aliphatic carbocycles. The number of aromatic nitrogens is 1. The van der Waals surface area contributed by atoms with Gasteiger partial charge in [-0.15, -0.1) is 0 Å². The zero-order valence-corrected chi connectivity index (χ0v) is 8.40. The van der Waals surface area contributed by atoms with Crippen LogP contribution in [-0.4, -0.2) is 23.9 Å². The van der Waals surface area contributed by atoms with Gasteiger partial charge in [-0.3, -0.25) is 0 Å². The molecule has 1 N–H and O–H groups in total. The molecule has 2 heterocycles. The molecule has 2 unspecified atom stereocenters. The van der Waals surface area contributed by atoms with Gasteiger partial charge in [0.25, 0.3) is 0 Å². The fourth-order valence-electron chi connectivity index (χ4n) is 1.76. The highest BCUT2D eigenvalue weighted by Gasteiger charge is 2.18. The largest absolute Gasteiger partial charge is 0.378 e. The van der Waals surface area contributed by atoms with E-state index in [9.17, 15) is 0 Å². The molecule has 1 saturated heterocycles. The van der Waals surface area contributed by atoms with Gasteiger partial charge < -0.3 is 14.6 Å². The highest BCUT2D eigenvalue weighted by Crippen LogP contribution is 2.13. The van der Waals surface area contributed by atoms with Gasteiger partial charge in [-0.1, -0.05) is 5.16 Å². The Hall–Kier alpha value is -0.870. The molecule has 1 fully saturated rings. The number of nitrogens with zero attached hydrogens (tertiary/aromatic N) is 1. The van der Waals surface area contributed by atoms with E-state index in [2.05, 4.69) is 17.4 Å². The lowest BCUT2D eigenvalue weighted by Gasteiger charge is -2.27. The van der Waals surface area contributed by atoms with Crippen molar-refractivity contribution in [3.63, 3.8) is 0 Å². The maximum Gasteiger partial charge on any atom is 0.124 e. The van der Waals surface area contributed by atoms with Crippen molar-refractivity contribution in [2.45, 2.75) is 38.5 Å². The molecule has 1 aromatic rings. The van der Waals surface area contributed by atoms with E-state index in [-0.39, 0.29) is 0 Å². The summed E-state index contributed by atoms with van der Waals surface area (Å²) in [6.45, 7) is 3.76. The van der Waals surface area contributed by atoms with E-state index in [1.54, 1.807) is 6.26 Å². The fourth-order valence-corrected chi connectivity index (χ4v) is 1.76. The smallest absolute Gasteiger partial charge is 0.124 e. The third kappa shape index (κ3) is 2.56. The minimum Gasteiger partial charge on any atom is -0.378 e. The first-order valence-corrected chi connectivity index (χ1v) is 5.09. The number of rotatable bonds is 3. The number of hydrogen-bond donors (Lipinski definition) is 1. The normalized spacial score (nSPS) is 27.8. The number of ether oxygens (including phenoxy) is 1. The molecule has 0 radical (unpaired) electrons. The molecular formula is C10H16N2O2. The maximum atomic E-state index is 5.47. The van der Waals surface area contributed by atoms with Crippen LogP contribution in [0.2, 0.25) is 0 Å². The summed E-state index contributed by atoms with van der Waals surface area (Å²) in [7, 11) is 0. The average Bonchev–Trinajstić information content (AvgIpc) is 2.67. The van der Waals surface area contributed by atoms with Crippen LogP contribution in [0.3, 0.4) is 0 Å². The molecular weight excluding hydrogens is 180 g/mol. The lowest BCUT2D eigenvalue weighted by molar-refractivity contribution is 0.0129. The molecule has 2 atom stereocenters. The Bertz CT molecular complexity index is 261. The molecule has 14 heavy (non-hydrogen) atoms. The molecule has 78 valence electrons. The molecule has 0 amide bonds. The van der Waals surface area contributed by atoms with E-state index >= 15 is 0 Å². The topological polar surface area (TPSA) is 47.3 Å². The molecule has 4 nitrogen and oxygen atoms in total. The molecule has 1 aromatic heterocycles. The van der Waals surface area contributed by atoms with Crippen molar-refractivity contribution in [1.82, 2.24) is 10.5 Å². The summed E-state index contributed by atoms with van der Waals surface area (Å²) < 4.78 is 10.2. The molecule has 0 bridgehead atoms. The van der Waals surface area contributed by atoms with E-state index < -0.39 is 0 Å². The average molecular weight is 196 g/mol. The van der Waals surface area contributed by atoms with Crippen LogP contribution < -0.4 is 5.32 Å². The quantitative estimate of drug-likeness (QED) is 0.792. The molecule has 1 aliphatic rings. The van der Waals surface area contributed by atoms with Crippen molar-refractivity contribution >= 4 is 0 Å². The Labute approximate surface area is 83.6 Å². The summed E-state index contributed by atoms with van der Waals surface area (Å²) in [5.41, 5.74) is 0.962. The maximum absolute atomic E-state index is 5.47. The molecule has 4 heteroatoms. The monoisotopic (exact) mass is 196 g/mol. The Balaban J connectivity index is 1.75. The van der Waals surface area contributed by atoms with E-state index in [0.717, 1.165) is 31.7 Å². The lowest BCUT2D eigenvalue weighted by Crippen LogP contribution is -2.37. The Morgan fingerprint density at radius 1 is 1.64 bits per heavy atom. The van der Waals surface area contributed by atoms with Gasteiger partial charge in [-0.05, 0) is 19.8 Å². The summed E-state index contributed by atoms with van der Waals surface area (Å²) in [5.74, 6) is 0. The van der Waals surface area contributed by atoms with Crippen LogP contribution in [0.1, 0.15) is 25.5 Å². The van der Waals surface area contributed by atoms with Gasteiger partial charge >= 0.3 is 0 Å². The zero-order chi connectivity index (χ0) is 9.80. The number of hydrogen-bond acceptors (Lipinski definition) is 4. The SMILES string of the molecule is CC1CC(NCc2ccon2)CCO1. The van der Waals surface area contributed by atoms with Crippen LogP contribution in [0.4, 0.5) is 0 Å². The Morgan fingerprint density at radius 3 is 3.29 bits per heavy atom. The Kier molecular flexibility index (Phi) is 3.16. The van der Waals surface area contributed by atoms with E-state index in [1.807, 2.05) is 6.07 Å². The third-order valence-corrected chi connectivity index (χ3v) is 2.55. The summed E-state index contributed by atoms with van der Waals surface area (Å²) in [6, 6.07) is 2.44. The van der Waals surface area contributed by atoms with Crippen LogP contribution in [0.5, 0.6) is 0 Å².